The largest absolute Gasteiger partial charge is 0.459 e. The van der Waals surface area contributed by atoms with Gasteiger partial charge in [-0.2, -0.15) is 0 Å². The SMILES string of the molecule is CNC(=O)C1(C)CCN(C(=O)c2ccco2)C1. The van der Waals surface area contributed by atoms with Gasteiger partial charge in [0.25, 0.3) is 5.91 Å². The van der Waals surface area contributed by atoms with Crippen molar-refractivity contribution < 1.29 is 14.0 Å². The van der Waals surface area contributed by atoms with Crippen molar-refractivity contribution in [3.05, 3.63) is 24.2 Å². The fourth-order valence-electron chi connectivity index (χ4n) is 2.18. The highest BCUT2D eigenvalue weighted by Gasteiger charge is 2.42. The third-order valence-electron chi connectivity index (χ3n) is 3.27. The van der Waals surface area contributed by atoms with Gasteiger partial charge < -0.3 is 14.6 Å². The summed E-state index contributed by atoms with van der Waals surface area (Å²) in [5, 5.41) is 2.64. The predicted molar refractivity (Wildman–Crippen MR) is 61.4 cm³/mol. The van der Waals surface area contributed by atoms with E-state index in [-0.39, 0.29) is 11.8 Å². The topological polar surface area (TPSA) is 62.6 Å². The Hall–Kier alpha value is -1.78. The lowest BCUT2D eigenvalue weighted by Gasteiger charge is -2.22. The van der Waals surface area contributed by atoms with Crippen molar-refractivity contribution in [2.75, 3.05) is 20.1 Å². The van der Waals surface area contributed by atoms with Crippen molar-refractivity contribution in [3.63, 3.8) is 0 Å². The number of nitrogens with one attached hydrogen (secondary N) is 1. The van der Waals surface area contributed by atoms with Gasteiger partial charge in [-0.25, -0.2) is 0 Å². The number of amides is 2. The number of nitrogens with zero attached hydrogens (tertiary/aromatic N) is 1. The highest BCUT2D eigenvalue weighted by atomic mass is 16.3. The Kier molecular flexibility index (Phi) is 2.92. The van der Waals surface area contributed by atoms with Gasteiger partial charge in [0.05, 0.1) is 11.7 Å². The van der Waals surface area contributed by atoms with E-state index in [2.05, 4.69) is 5.32 Å². The van der Waals surface area contributed by atoms with Gasteiger partial charge in [0.2, 0.25) is 5.91 Å². The van der Waals surface area contributed by atoms with Crippen molar-refractivity contribution >= 4 is 11.8 Å². The molecule has 1 aliphatic rings. The summed E-state index contributed by atoms with van der Waals surface area (Å²) >= 11 is 0. The van der Waals surface area contributed by atoms with E-state index in [1.807, 2.05) is 6.92 Å². The van der Waals surface area contributed by atoms with Crippen LogP contribution in [0.3, 0.4) is 0 Å². The summed E-state index contributed by atoms with van der Waals surface area (Å²) in [5.41, 5.74) is -0.489. The molecule has 1 aromatic rings. The molecule has 92 valence electrons. The van der Waals surface area contributed by atoms with E-state index in [9.17, 15) is 9.59 Å². The number of carbonyl (C=O) groups is 2. The van der Waals surface area contributed by atoms with Crippen molar-refractivity contribution in [1.82, 2.24) is 10.2 Å². The summed E-state index contributed by atoms with van der Waals surface area (Å²) in [7, 11) is 1.62. The van der Waals surface area contributed by atoms with Crippen molar-refractivity contribution in [1.29, 1.82) is 0 Å². The highest BCUT2D eigenvalue weighted by molar-refractivity contribution is 5.93. The molecule has 17 heavy (non-hydrogen) atoms. The molecule has 1 N–H and O–H groups in total. The maximum Gasteiger partial charge on any atom is 0.289 e. The van der Waals surface area contributed by atoms with Gasteiger partial charge in [0, 0.05) is 20.1 Å². The molecule has 1 aromatic heterocycles. The molecule has 1 fully saturated rings. The standard InChI is InChI=1S/C12H16N2O3/c1-12(11(16)13-2)5-6-14(8-12)10(15)9-4-3-7-17-9/h3-4,7H,5-6,8H2,1-2H3,(H,13,16). The fourth-order valence-corrected chi connectivity index (χ4v) is 2.18. The van der Waals surface area contributed by atoms with Crippen LogP contribution >= 0.6 is 0 Å². The van der Waals surface area contributed by atoms with Crippen LogP contribution < -0.4 is 5.32 Å². The molecular weight excluding hydrogens is 220 g/mol. The third kappa shape index (κ3) is 2.05. The van der Waals surface area contributed by atoms with Crippen LogP contribution in [-0.2, 0) is 4.79 Å². The molecular formula is C12H16N2O3. The minimum atomic E-state index is -0.489. The fraction of sp³-hybridized carbons (Fsp3) is 0.500. The number of furan rings is 1. The zero-order chi connectivity index (χ0) is 12.5. The van der Waals surface area contributed by atoms with Crippen molar-refractivity contribution in [2.24, 2.45) is 5.41 Å². The summed E-state index contributed by atoms with van der Waals surface area (Å²) < 4.78 is 5.07. The van der Waals surface area contributed by atoms with E-state index in [0.717, 1.165) is 0 Å². The lowest BCUT2D eigenvalue weighted by atomic mass is 9.89. The molecule has 2 heterocycles. The second-order valence-corrected chi connectivity index (χ2v) is 4.59. The first-order chi connectivity index (χ1) is 8.07. The molecule has 0 spiro atoms. The Labute approximate surface area is 99.8 Å². The third-order valence-corrected chi connectivity index (χ3v) is 3.27. The molecule has 0 bridgehead atoms. The summed E-state index contributed by atoms with van der Waals surface area (Å²) in [5.74, 6) is 0.154. The van der Waals surface area contributed by atoms with Gasteiger partial charge in [-0.05, 0) is 25.5 Å². The second-order valence-electron chi connectivity index (χ2n) is 4.59. The Morgan fingerprint density at radius 2 is 2.29 bits per heavy atom. The number of hydrogen-bond acceptors (Lipinski definition) is 3. The second kappa shape index (κ2) is 4.24. The molecule has 2 amide bonds. The molecule has 1 unspecified atom stereocenters. The maximum atomic E-state index is 12.0. The number of hydrogen-bond donors (Lipinski definition) is 1. The molecule has 2 rings (SSSR count). The van der Waals surface area contributed by atoms with Crippen LogP contribution in [0, 0.1) is 5.41 Å². The molecule has 0 radical (unpaired) electrons. The molecule has 1 atom stereocenters. The Morgan fingerprint density at radius 3 is 2.88 bits per heavy atom. The molecule has 5 heteroatoms. The lowest BCUT2D eigenvalue weighted by molar-refractivity contribution is -0.128. The van der Waals surface area contributed by atoms with Gasteiger partial charge in [0.1, 0.15) is 0 Å². The molecule has 5 nitrogen and oxygen atoms in total. The van der Waals surface area contributed by atoms with Crippen molar-refractivity contribution in [2.45, 2.75) is 13.3 Å². The van der Waals surface area contributed by atoms with E-state index in [1.54, 1.807) is 24.1 Å². The quantitative estimate of drug-likeness (QED) is 0.829. The van der Waals surface area contributed by atoms with Crippen LogP contribution in [0.15, 0.2) is 22.8 Å². The highest BCUT2D eigenvalue weighted by Crippen LogP contribution is 2.30. The number of carbonyl (C=O) groups excluding carboxylic acids is 2. The minimum absolute atomic E-state index is 0.0211. The van der Waals surface area contributed by atoms with E-state index >= 15 is 0 Å². The summed E-state index contributed by atoms with van der Waals surface area (Å²) in [6.45, 7) is 2.90. The first kappa shape index (κ1) is 11.7. The van der Waals surface area contributed by atoms with E-state index < -0.39 is 5.41 Å². The van der Waals surface area contributed by atoms with E-state index in [1.165, 1.54) is 6.26 Å². The first-order valence-corrected chi connectivity index (χ1v) is 5.62. The monoisotopic (exact) mass is 236 g/mol. The van der Waals surface area contributed by atoms with Crippen LogP contribution in [0.4, 0.5) is 0 Å². The first-order valence-electron chi connectivity index (χ1n) is 5.62. The zero-order valence-electron chi connectivity index (χ0n) is 10.0. The van der Waals surface area contributed by atoms with E-state index in [0.29, 0.717) is 25.3 Å². The number of rotatable bonds is 2. The minimum Gasteiger partial charge on any atom is -0.459 e. The lowest BCUT2D eigenvalue weighted by Crippen LogP contribution is -2.40. The summed E-state index contributed by atoms with van der Waals surface area (Å²) in [6, 6.07) is 3.32. The van der Waals surface area contributed by atoms with Crippen LogP contribution in [0.5, 0.6) is 0 Å². The van der Waals surface area contributed by atoms with Crippen molar-refractivity contribution in [3.8, 4) is 0 Å². The average molecular weight is 236 g/mol. The van der Waals surface area contributed by atoms with Crippen LogP contribution in [0.25, 0.3) is 0 Å². The predicted octanol–water partition coefficient (Wildman–Crippen LogP) is 0.878. The Balaban J connectivity index is 2.08. The van der Waals surface area contributed by atoms with Gasteiger partial charge >= 0.3 is 0 Å². The van der Waals surface area contributed by atoms with Crippen LogP contribution in [0.1, 0.15) is 23.9 Å². The maximum absolute atomic E-state index is 12.0. The zero-order valence-corrected chi connectivity index (χ0v) is 10.0. The summed E-state index contributed by atoms with van der Waals surface area (Å²) in [6.07, 6.45) is 2.15. The summed E-state index contributed by atoms with van der Waals surface area (Å²) in [4.78, 5) is 25.4. The van der Waals surface area contributed by atoms with Crippen LogP contribution in [-0.4, -0.2) is 36.9 Å². The Bertz CT molecular complexity index is 427. The Morgan fingerprint density at radius 1 is 1.53 bits per heavy atom. The molecule has 0 aromatic carbocycles. The van der Waals surface area contributed by atoms with Gasteiger partial charge in [-0.15, -0.1) is 0 Å². The molecule has 1 saturated heterocycles. The molecule has 1 aliphatic heterocycles. The average Bonchev–Trinajstić information content (AvgIpc) is 2.96. The normalized spacial score (nSPS) is 23.8. The molecule has 0 saturated carbocycles. The van der Waals surface area contributed by atoms with E-state index in [4.69, 9.17) is 4.42 Å². The van der Waals surface area contributed by atoms with Crippen LogP contribution in [0.2, 0.25) is 0 Å². The van der Waals surface area contributed by atoms with Gasteiger partial charge in [0.15, 0.2) is 5.76 Å². The van der Waals surface area contributed by atoms with Gasteiger partial charge in [-0.3, -0.25) is 9.59 Å². The number of likely N-dealkylation sites (tertiary alicyclic amines) is 1. The smallest absolute Gasteiger partial charge is 0.289 e. The molecule has 0 aliphatic carbocycles. The van der Waals surface area contributed by atoms with Gasteiger partial charge in [-0.1, -0.05) is 0 Å².